The Labute approximate surface area is 171 Å². The van der Waals surface area contributed by atoms with E-state index in [2.05, 4.69) is 5.16 Å². The second-order valence-electron chi connectivity index (χ2n) is 6.48. The summed E-state index contributed by atoms with van der Waals surface area (Å²) in [7, 11) is 0. The molecule has 1 aliphatic rings. The third kappa shape index (κ3) is 4.60. The predicted octanol–water partition coefficient (Wildman–Crippen LogP) is 4.23. The number of nitro benzene ring substituents is 1. The summed E-state index contributed by atoms with van der Waals surface area (Å²) in [5.74, 6) is -1.06. The van der Waals surface area contributed by atoms with Crippen LogP contribution in [0.3, 0.4) is 0 Å². The van der Waals surface area contributed by atoms with Crippen LogP contribution in [-0.4, -0.2) is 22.5 Å². The monoisotopic (exact) mass is 415 g/mol. The fraction of sp³-hybridized carbons (Fsp3) is 0.250. The van der Waals surface area contributed by atoms with Crippen molar-refractivity contribution in [2.45, 2.75) is 32.7 Å². The van der Waals surface area contributed by atoms with Gasteiger partial charge in [-0.05, 0) is 30.2 Å². The van der Waals surface area contributed by atoms with Crippen molar-refractivity contribution in [2.75, 3.05) is 4.90 Å². The number of unbranched alkanes of at least 4 members (excludes halogenated alkanes) is 1. The van der Waals surface area contributed by atoms with Gasteiger partial charge in [-0.15, -0.1) is 0 Å². The summed E-state index contributed by atoms with van der Waals surface area (Å²) in [4.78, 5) is 41.6. The van der Waals surface area contributed by atoms with Crippen LogP contribution in [0, 0.1) is 10.1 Å². The molecule has 0 saturated heterocycles. The molecule has 9 heteroatoms. The van der Waals surface area contributed by atoms with Crippen LogP contribution in [0.5, 0.6) is 0 Å². The van der Waals surface area contributed by atoms with Crippen LogP contribution >= 0.6 is 11.6 Å². The van der Waals surface area contributed by atoms with E-state index in [4.69, 9.17) is 16.4 Å². The predicted molar refractivity (Wildman–Crippen MR) is 108 cm³/mol. The topological polar surface area (TPSA) is 102 Å². The average molecular weight is 416 g/mol. The molecule has 8 nitrogen and oxygen atoms in total. The fourth-order valence-corrected chi connectivity index (χ4v) is 3.02. The molecule has 0 bridgehead atoms. The minimum absolute atomic E-state index is 0.137. The number of carbonyl (C=O) groups excluding carboxylic acids is 2. The van der Waals surface area contributed by atoms with Gasteiger partial charge in [-0.1, -0.05) is 42.2 Å². The molecule has 2 aromatic rings. The summed E-state index contributed by atoms with van der Waals surface area (Å²) in [5, 5.41) is 15.5. The van der Waals surface area contributed by atoms with Gasteiger partial charge < -0.3 is 9.74 Å². The molecule has 1 heterocycles. The Morgan fingerprint density at radius 3 is 2.62 bits per heavy atom. The number of fused-ring (bicyclic) bond motifs is 1. The summed E-state index contributed by atoms with van der Waals surface area (Å²) in [5.41, 5.74) is 1.20. The van der Waals surface area contributed by atoms with Crippen molar-refractivity contribution in [3.8, 4) is 0 Å². The zero-order chi connectivity index (χ0) is 21.0. The highest BCUT2D eigenvalue weighted by molar-refractivity contribution is 6.54. The van der Waals surface area contributed by atoms with Crippen LogP contribution in [0.1, 0.15) is 37.3 Å². The molecular weight excluding hydrogens is 398 g/mol. The number of halogens is 1. The molecule has 0 N–H and O–H groups in total. The van der Waals surface area contributed by atoms with Gasteiger partial charge in [0.1, 0.15) is 0 Å². The zero-order valence-electron chi connectivity index (χ0n) is 15.6. The van der Waals surface area contributed by atoms with Crippen LogP contribution in [0.2, 0.25) is 5.02 Å². The van der Waals surface area contributed by atoms with Gasteiger partial charge in [-0.25, -0.2) is 4.79 Å². The SMILES string of the molecule is CCCCC(=O)O/N=C1/C(=O)N(Cc2ccc(Cl)cc2)c2ccc([N+](=O)[O-])cc21. The minimum atomic E-state index is -0.560. The standard InChI is InChI=1S/C20H18ClN3O5/c1-2-3-4-18(25)29-22-19-16-11-15(24(27)28)9-10-17(16)23(20(19)26)12-13-5-7-14(21)8-6-13/h5-11H,2-4,12H2,1H3/b22-19+. The first kappa shape index (κ1) is 20.5. The van der Waals surface area contributed by atoms with Gasteiger partial charge in [-0.3, -0.25) is 14.9 Å². The molecule has 0 fully saturated rings. The summed E-state index contributed by atoms with van der Waals surface area (Å²) in [6, 6.07) is 11.0. The van der Waals surface area contributed by atoms with Crippen molar-refractivity contribution >= 4 is 40.6 Å². The molecule has 1 aliphatic heterocycles. The Bertz CT molecular complexity index is 988. The number of nitrogens with zero attached hydrogens (tertiary/aromatic N) is 3. The lowest BCUT2D eigenvalue weighted by Crippen LogP contribution is -2.29. The molecule has 0 unspecified atom stereocenters. The largest absolute Gasteiger partial charge is 0.335 e. The van der Waals surface area contributed by atoms with E-state index < -0.39 is 16.8 Å². The van der Waals surface area contributed by atoms with E-state index in [1.165, 1.54) is 23.1 Å². The second kappa shape index (κ2) is 8.83. The molecule has 0 saturated carbocycles. The van der Waals surface area contributed by atoms with Crippen molar-refractivity contribution in [3.63, 3.8) is 0 Å². The minimum Gasteiger partial charge on any atom is -0.317 e. The van der Waals surface area contributed by atoms with Crippen molar-refractivity contribution in [3.05, 3.63) is 68.7 Å². The Hall–Kier alpha value is -3.26. The lowest BCUT2D eigenvalue weighted by Gasteiger charge is -2.16. The van der Waals surface area contributed by atoms with Gasteiger partial charge in [-0.2, -0.15) is 0 Å². The highest BCUT2D eigenvalue weighted by Crippen LogP contribution is 2.34. The molecule has 2 aromatic carbocycles. The molecule has 1 amide bonds. The molecule has 3 rings (SSSR count). The maximum Gasteiger partial charge on any atom is 0.335 e. The number of non-ortho nitro benzene ring substituents is 1. The number of amides is 1. The molecule has 29 heavy (non-hydrogen) atoms. The average Bonchev–Trinajstić information content (AvgIpc) is 2.96. The van der Waals surface area contributed by atoms with Crippen molar-refractivity contribution in [1.82, 2.24) is 0 Å². The van der Waals surface area contributed by atoms with E-state index in [-0.39, 0.29) is 29.9 Å². The van der Waals surface area contributed by atoms with Crippen LogP contribution in [0.15, 0.2) is 47.6 Å². The summed E-state index contributed by atoms with van der Waals surface area (Å²) >= 11 is 5.90. The number of carbonyl (C=O) groups is 2. The first-order valence-corrected chi connectivity index (χ1v) is 9.41. The highest BCUT2D eigenvalue weighted by atomic mass is 35.5. The van der Waals surface area contributed by atoms with Crippen LogP contribution in [-0.2, 0) is 21.0 Å². The quantitative estimate of drug-likeness (QED) is 0.382. The lowest BCUT2D eigenvalue weighted by molar-refractivity contribution is -0.384. The maximum absolute atomic E-state index is 12.9. The number of oxime groups is 1. The summed E-state index contributed by atoms with van der Waals surface area (Å²) < 4.78 is 0. The smallest absolute Gasteiger partial charge is 0.317 e. The number of anilines is 1. The number of hydrogen-bond acceptors (Lipinski definition) is 6. The van der Waals surface area contributed by atoms with Crippen LogP contribution < -0.4 is 4.90 Å². The molecule has 0 aromatic heterocycles. The normalized spacial score (nSPS) is 14.2. The first-order valence-electron chi connectivity index (χ1n) is 9.03. The Kier molecular flexibility index (Phi) is 6.23. The van der Waals surface area contributed by atoms with Gasteiger partial charge >= 0.3 is 5.97 Å². The molecule has 0 spiro atoms. The maximum atomic E-state index is 12.9. The summed E-state index contributed by atoms with van der Waals surface area (Å²) in [6.07, 6.45) is 1.63. The van der Waals surface area contributed by atoms with Gasteiger partial charge in [0.2, 0.25) is 0 Å². The van der Waals surface area contributed by atoms with E-state index in [1.807, 2.05) is 6.92 Å². The van der Waals surface area contributed by atoms with E-state index in [0.717, 1.165) is 12.0 Å². The molecule has 0 radical (unpaired) electrons. The summed E-state index contributed by atoms with van der Waals surface area (Å²) in [6.45, 7) is 2.15. The number of nitro groups is 1. The fourth-order valence-electron chi connectivity index (χ4n) is 2.90. The third-order valence-corrected chi connectivity index (χ3v) is 4.66. The van der Waals surface area contributed by atoms with Crippen molar-refractivity contribution in [2.24, 2.45) is 5.16 Å². The van der Waals surface area contributed by atoms with Crippen molar-refractivity contribution < 1.29 is 19.3 Å². The first-order chi connectivity index (χ1) is 13.9. The number of benzene rings is 2. The van der Waals surface area contributed by atoms with E-state index in [1.54, 1.807) is 24.3 Å². The van der Waals surface area contributed by atoms with E-state index >= 15 is 0 Å². The van der Waals surface area contributed by atoms with Gasteiger partial charge in [0, 0.05) is 29.1 Å². The number of rotatable bonds is 7. The molecule has 0 aliphatic carbocycles. The second-order valence-corrected chi connectivity index (χ2v) is 6.92. The molecule has 150 valence electrons. The van der Waals surface area contributed by atoms with Gasteiger partial charge in [0.25, 0.3) is 11.6 Å². The van der Waals surface area contributed by atoms with Gasteiger partial charge in [0.15, 0.2) is 5.71 Å². The Morgan fingerprint density at radius 1 is 1.24 bits per heavy atom. The Morgan fingerprint density at radius 2 is 1.97 bits per heavy atom. The van der Waals surface area contributed by atoms with Crippen LogP contribution in [0.4, 0.5) is 11.4 Å². The van der Waals surface area contributed by atoms with Crippen molar-refractivity contribution in [1.29, 1.82) is 0 Å². The van der Waals surface area contributed by atoms with Crippen LogP contribution in [0.25, 0.3) is 0 Å². The lowest BCUT2D eigenvalue weighted by atomic mass is 10.1. The zero-order valence-corrected chi connectivity index (χ0v) is 16.4. The van der Waals surface area contributed by atoms with Gasteiger partial charge in [0.05, 0.1) is 17.2 Å². The van der Waals surface area contributed by atoms with E-state index in [9.17, 15) is 19.7 Å². The van der Waals surface area contributed by atoms with E-state index in [0.29, 0.717) is 17.1 Å². The third-order valence-electron chi connectivity index (χ3n) is 4.41. The molecular formula is C20H18ClN3O5. The Balaban J connectivity index is 1.94. The molecule has 0 atom stereocenters. The highest BCUT2D eigenvalue weighted by Gasteiger charge is 2.36. The number of hydrogen-bond donors (Lipinski definition) is 0.